The van der Waals surface area contributed by atoms with Gasteiger partial charge in [-0.25, -0.2) is 4.39 Å². The first kappa shape index (κ1) is 16.9. The molecule has 1 aromatic carbocycles. The Morgan fingerprint density at radius 3 is 2.95 bits per heavy atom. The molecule has 21 heavy (non-hydrogen) atoms. The van der Waals surface area contributed by atoms with Crippen molar-refractivity contribution in [2.24, 2.45) is 5.92 Å². The average molecular weight is 357 g/mol. The van der Waals surface area contributed by atoms with E-state index >= 15 is 0 Å². The smallest absolute Gasteiger partial charge is 0.128 e. The third kappa shape index (κ3) is 4.51. The van der Waals surface area contributed by atoms with Crippen LogP contribution in [0.15, 0.2) is 22.7 Å². The second-order valence-electron chi connectivity index (χ2n) is 6.05. The number of nitrogens with zero attached hydrogens (tertiary/aromatic N) is 1. The third-order valence-electron chi connectivity index (χ3n) is 4.37. The molecule has 1 aliphatic rings. The maximum atomic E-state index is 14.4. The van der Waals surface area contributed by atoms with Crippen molar-refractivity contribution in [3.05, 3.63) is 34.1 Å². The highest BCUT2D eigenvalue weighted by atomic mass is 79.9. The van der Waals surface area contributed by atoms with E-state index in [-0.39, 0.29) is 11.9 Å². The van der Waals surface area contributed by atoms with E-state index in [1.807, 2.05) is 6.07 Å². The molecule has 0 saturated carbocycles. The van der Waals surface area contributed by atoms with Crippen LogP contribution in [0.5, 0.6) is 0 Å². The Morgan fingerprint density at radius 1 is 1.38 bits per heavy atom. The Bertz CT molecular complexity index is 452. The van der Waals surface area contributed by atoms with Gasteiger partial charge >= 0.3 is 0 Å². The van der Waals surface area contributed by atoms with Gasteiger partial charge in [0.1, 0.15) is 5.82 Å². The molecule has 4 heteroatoms. The third-order valence-corrected chi connectivity index (χ3v) is 4.86. The minimum absolute atomic E-state index is 0.0857. The molecule has 0 amide bonds. The largest absolute Gasteiger partial charge is 0.316 e. The fraction of sp³-hybridized carbons (Fsp3) is 0.647. The summed E-state index contributed by atoms with van der Waals surface area (Å²) in [4.78, 5) is 2.33. The molecule has 2 atom stereocenters. The lowest BCUT2D eigenvalue weighted by Gasteiger charge is -2.33. The molecule has 118 valence electrons. The molecular formula is C17H26BrFN2. The summed E-state index contributed by atoms with van der Waals surface area (Å²) in [5.41, 5.74) is 0.831. The molecule has 0 aliphatic carbocycles. The number of nitrogens with one attached hydrogen (secondary N) is 1. The van der Waals surface area contributed by atoms with E-state index in [0.29, 0.717) is 5.92 Å². The van der Waals surface area contributed by atoms with Crippen LogP contribution in [0.4, 0.5) is 4.39 Å². The molecule has 2 unspecified atom stereocenters. The van der Waals surface area contributed by atoms with Gasteiger partial charge in [0.2, 0.25) is 0 Å². The lowest BCUT2D eigenvalue weighted by atomic mass is 9.89. The molecule has 1 fully saturated rings. The number of benzene rings is 1. The molecule has 2 rings (SSSR count). The van der Waals surface area contributed by atoms with Crippen LogP contribution in [0.1, 0.15) is 44.2 Å². The van der Waals surface area contributed by atoms with Crippen molar-refractivity contribution in [3.8, 4) is 0 Å². The van der Waals surface area contributed by atoms with Crippen LogP contribution in [-0.2, 0) is 0 Å². The maximum absolute atomic E-state index is 14.4. The van der Waals surface area contributed by atoms with E-state index in [1.54, 1.807) is 12.1 Å². The van der Waals surface area contributed by atoms with Gasteiger partial charge in [-0.1, -0.05) is 29.3 Å². The molecular weight excluding hydrogens is 331 g/mol. The molecule has 2 nitrogen and oxygen atoms in total. The van der Waals surface area contributed by atoms with E-state index in [0.717, 1.165) is 42.5 Å². The van der Waals surface area contributed by atoms with Crippen molar-refractivity contribution in [2.75, 3.05) is 26.7 Å². The van der Waals surface area contributed by atoms with E-state index in [1.165, 1.54) is 12.8 Å². The van der Waals surface area contributed by atoms with E-state index in [4.69, 9.17) is 0 Å². The molecule has 1 N–H and O–H groups in total. The minimum atomic E-state index is -0.0857. The van der Waals surface area contributed by atoms with Crippen LogP contribution < -0.4 is 5.32 Å². The Morgan fingerprint density at radius 2 is 2.19 bits per heavy atom. The van der Waals surface area contributed by atoms with Crippen LogP contribution in [0.25, 0.3) is 0 Å². The van der Waals surface area contributed by atoms with Crippen LogP contribution in [-0.4, -0.2) is 31.6 Å². The van der Waals surface area contributed by atoms with Gasteiger partial charge in [-0.05, 0) is 70.1 Å². The molecule has 0 radical (unpaired) electrons. The van der Waals surface area contributed by atoms with E-state index in [2.05, 4.69) is 40.1 Å². The summed E-state index contributed by atoms with van der Waals surface area (Å²) in [6.07, 6.45) is 4.73. The lowest BCUT2D eigenvalue weighted by molar-refractivity contribution is 0.184. The van der Waals surface area contributed by atoms with Crippen molar-refractivity contribution in [3.63, 3.8) is 0 Å². The fourth-order valence-corrected chi connectivity index (χ4v) is 3.71. The molecule has 0 aromatic heterocycles. The van der Waals surface area contributed by atoms with Gasteiger partial charge in [-0.2, -0.15) is 0 Å². The van der Waals surface area contributed by atoms with Gasteiger partial charge in [-0.15, -0.1) is 0 Å². The maximum Gasteiger partial charge on any atom is 0.128 e. The number of likely N-dealkylation sites (tertiary alicyclic amines) is 1. The van der Waals surface area contributed by atoms with Crippen LogP contribution >= 0.6 is 15.9 Å². The predicted molar refractivity (Wildman–Crippen MR) is 90.0 cm³/mol. The monoisotopic (exact) mass is 356 g/mol. The Hall–Kier alpha value is -0.450. The molecule has 0 bridgehead atoms. The summed E-state index contributed by atoms with van der Waals surface area (Å²) in [5, 5.41) is 3.53. The number of hydrogen-bond acceptors (Lipinski definition) is 2. The summed E-state index contributed by atoms with van der Waals surface area (Å²) in [7, 11) is 2.13. The topological polar surface area (TPSA) is 15.3 Å². The second-order valence-corrected chi connectivity index (χ2v) is 6.97. The zero-order chi connectivity index (χ0) is 15.2. The number of rotatable bonds is 5. The van der Waals surface area contributed by atoms with Gasteiger partial charge in [0.05, 0.1) is 0 Å². The van der Waals surface area contributed by atoms with Gasteiger partial charge in [0, 0.05) is 16.1 Å². The van der Waals surface area contributed by atoms with Crippen molar-refractivity contribution < 1.29 is 4.39 Å². The quantitative estimate of drug-likeness (QED) is 0.788. The first-order valence-electron chi connectivity index (χ1n) is 7.99. The summed E-state index contributed by atoms with van der Waals surface area (Å²) in [6.45, 7) is 5.22. The SMILES string of the molecule is CCCNCC1CCCCN(C)C1c1cc(Br)ccc1F. The standard InChI is InChI=1S/C17H26BrFN2/c1-3-9-20-12-13-6-4-5-10-21(2)17(13)15-11-14(18)7-8-16(15)19/h7-8,11,13,17,20H,3-6,9-10,12H2,1-2H3. The highest BCUT2D eigenvalue weighted by Crippen LogP contribution is 2.36. The van der Waals surface area contributed by atoms with Crippen LogP contribution in [0.3, 0.4) is 0 Å². The van der Waals surface area contributed by atoms with Crippen molar-refractivity contribution in [1.29, 1.82) is 0 Å². The summed E-state index contributed by atoms with van der Waals surface area (Å²) >= 11 is 3.49. The van der Waals surface area contributed by atoms with Gasteiger partial charge in [-0.3, -0.25) is 4.90 Å². The molecule has 1 saturated heterocycles. The average Bonchev–Trinajstić information content (AvgIpc) is 2.64. The highest BCUT2D eigenvalue weighted by molar-refractivity contribution is 9.10. The summed E-state index contributed by atoms with van der Waals surface area (Å²) < 4.78 is 15.3. The second kappa shape index (κ2) is 8.25. The number of hydrogen-bond donors (Lipinski definition) is 1. The van der Waals surface area contributed by atoms with E-state index < -0.39 is 0 Å². The Labute approximate surface area is 136 Å². The van der Waals surface area contributed by atoms with Crippen LogP contribution in [0.2, 0.25) is 0 Å². The zero-order valence-electron chi connectivity index (χ0n) is 13.0. The Balaban J connectivity index is 2.25. The Kier molecular flexibility index (Phi) is 6.65. The lowest BCUT2D eigenvalue weighted by Crippen LogP contribution is -2.35. The normalized spacial score (nSPS) is 24.0. The van der Waals surface area contributed by atoms with Crippen molar-refractivity contribution in [2.45, 2.75) is 38.6 Å². The molecule has 1 aliphatic heterocycles. The summed E-state index contributed by atoms with van der Waals surface area (Å²) in [5.74, 6) is 0.380. The van der Waals surface area contributed by atoms with Crippen LogP contribution in [0, 0.1) is 11.7 Å². The van der Waals surface area contributed by atoms with Gasteiger partial charge in [0.15, 0.2) is 0 Å². The first-order chi connectivity index (χ1) is 10.1. The van der Waals surface area contributed by atoms with Gasteiger partial charge < -0.3 is 5.32 Å². The molecule has 0 spiro atoms. The zero-order valence-corrected chi connectivity index (χ0v) is 14.6. The first-order valence-corrected chi connectivity index (χ1v) is 8.78. The van der Waals surface area contributed by atoms with Gasteiger partial charge in [0.25, 0.3) is 0 Å². The minimum Gasteiger partial charge on any atom is -0.316 e. The van der Waals surface area contributed by atoms with Crippen molar-refractivity contribution >= 4 is 15.9 Å². The highest BCUT2D eigenvalue weighted by Gasteiger charge is 2.30. The fourth-order valence-electron chi connectivity index (χ4n) is 3.34. The number of halogens is 2. The summed E-state index contributed by atoms with van der Waals surface area (Å²) in [6, 6.07) is 5.47. The predicted octanol–water partition coefficient (Wildman–Crippen LogP) is 4.36. The molecule has 1 heterocycles. The van der Waals surface area contributed by atoms with Crippen molar-refractivity contribution in [1.82, 2.24) is 10.2 Å². The molecule has 1 aromatic rings. The van der Waals surface area contributed by atoms with E-state index in [9.17, 15) is 4.39 Å².